The Hall–Kier alpha value is -3.23. The van der Waals surface area contributed by atoms with Crippen molar-refractivity contribution in [2.24, 2.45) is 0 Å². The Morgan fingerprint density at radius 1 is 1.23 bits per heavy atom. The molecule has 1 saturated heterocycles. The van der Waals surface area contributed by atoms with Crippen LogP contribution in [-0.4, -0.2) is 69.9 Å². The number of aromatic nitrogens is 3. The Bertz CT molecular complexity index is 1230. The molecule has 0 spiro atoms. The van der Waals surface area contributed by atoms with E-state index in [1.54, 1.807) is 18.2 Å². The maximum atomic E-state index is 13.0. The molecule has 4 rings (SSSR count). The molecule has 1 aromatic carbocycles. The molecule has 1 fully saturated rings. The summed E-state index contributed by atoms with van der Waals surface area (Å²) in [7, 11) is 3.94. The summed E-state index contributed by atoms with van der Waals surface area (Å²) in [6, 6.07) is 9.15. The number of carbonyl (C=O) groups excluding carboxylic acids is 2. The Labute approximate surface area is 210 Å². The van der Waals surface area contributed by atoms with Gasteiger partial charge in [-0.1, -0.05) is 29.8 Å². The maximum Gasteiger partial charge on any atom is 0.259 e. The molecule has 0 aliphatic carbocycles. The van der Waals surface area contributed by atoms with Gasteiger partial charge in [0.05, 0.1) is 22.6 Å². The summed E-state index contributed by atoms with van der Waals surface area (Å²) < 4.78 is 2.10. The summed E-state index contributed by atoms with van der Waals surface area (Å²) in [5.41, 5.74) is 3.24. The van der Waals surface area contributed by atoms with E-state index in [1.165, 1.54) is 6.20 Å². The summed E-state index contributed by atoms with van der Waals surface area (Å²) in [4.78, 5) is 38.7. The van der Waals surface area contributed by atoms with Crippen LogP contribution in [0, 0.1) is 6.92 Å². The Morgan fingerprint density at radius 2 is 2.06 bits per heavy atom. The second-order valence-electron chi connectivity index (χ2n) is 9.17. The van der Waals surface area contributed by atoms with Gasteiger partial charge >= 0.3 is 0 Å². The molecule has 3 aromatic rings. The zero-order valence-corrected chi connectivity index (χ0v) is 21.1. The number of carbonyl (C=O) groups is 2. The number of nitrogens with zero attached hydrogens (tertiary/aromatic N) is 5. The van der Waals surface area contributed by atoms with Crippen LogP contribution >= 0.6 is 11.6 Å². The minimum atomic E-state index is -0.309. The van der Waals surface area contributed by atoms with E-state index in [4.69, 9.17) is 16.6 Å². The molecule has 8 nitrogen and oxygen atoms in total. The van der Waals surface area contributed by atoms with Crippen molar-refractivity contribution in [2.45, 2.75) is 32.2 Å². The van der Waals surface area contributed by atoms with Crippen molar-refractivity contribution in [2.75, 3.05) is 39.0 Å². The van der Waals surface area contributed by atoms with Crippen LogP contribution in [-0.2, 0) is 4.79 Å². The van der Waals surface area contributed by atoms with Crippen molar-refractivity contribution in [3.8, 4) is 0 Å². The van der Waals surface area contributed by atoms with Gasteiger partial charge in [-0.25, -0.2) is 9.97 Å². The van der Waals surface area contributed by atoms with Gasteiger partial charge in [0.25, 0.3) is 5.91 Å². The molecule has 1 aliphatic rings. The first-order valence-corrected chi connectivity index (χ1v) is 12.2. The number of aryl methyl sites for hydroxylation is 1. The summed E-state index contributed by atoms with van der Waals surface area (Å²) in [5.74, 6) is 0.172. The van der Waals surface area contributed by atoms with Gasteiger partial charge in [-0.15, -0.1) is 0 Å². The van der Waals surface area contributed by atoms with E-state index >= 15 is 0 Å². The largest absolute Gasteiger partial charge is 0.337 e. The number of para-hydroxylation sites is 1. The van der Waals surface area contributed by atoms with E-state index in [0.29, 0.717) is 36.3 Å². The average molecular weight is 495 g/mol. The Balaban J connectivity index is 1.67. The fraction of sp³-hybridized carbons (Fsp3) is 0.385. The minimum Gasteiger partial charge on any atom is -0.337 e. The number of hydrogen-bond donors (Lipinski definition) is 1. The summed E-state index contributed by atoms with van der Waals surface area (Å²) in [5, 5.41) is 3.30. The molecule has 1 N–H and O–H groups in total. The van der Waals surface area contributed by atoms with Crippen molar-refractivity contribution in [1.82, 2.24) is 24.3 Å². The van der Waals surface area contributed by atoms with Crippen molar-refractivity contribution < 1.29 is 9.59 Å². The lowest BCUT2D eigenvalue weighted by atomic mass is 10.1. The highest BCUT2D eigenvalue weighted by Gasteiger charge is 2.27. The molecule has 0 bridgehead atoms. The summed E-state index contributed by atoms with van der Waals surface area (Å²) >= 11 is 5.88. The highest BCUT2D eigenvalue weighted by atomic mass is 35.5. The molecule has 184 valence electrons. The molecule has 2 aromatic heterocycles. The van der Waals surface area contributed by atoms with Gasteiger partial charge in [-0.05, 0) is 64.0 Å². The minimum absolute atomic E-state index is 0.0118. The van der Waals surface area contributed by atoms with Crippen molar-refractivity contribution in [3.63, 3.8) is 0 Å². The lowest BCUT2D eigenvalue weighted by Gasteiger charge is -2.26. The van der Waals surface area contributed by atoms with Crippen LogP contribution in [0.5, 0.6) is 0 Å². The number of likely N-dealkylation sites (tertiary alicyclic amines) is 1. The molecule has 0 unspecified atom stereocenters. The number of benzene rings is 1. The molecular weight excluding hydrogens is 464 g/mol. The van der Waals surface area contributed by atoms with Gasteiger partial charge in [-0.3, -0.25) is 14.9 Å². The predicted octanol–water partition coefficient (Wildman–Crippen LogP) is 4.32. The molecule has 0 saturated carbocycles. The molecule has 3 heterocycles. The number of rotatable bonds is 6. The summed E-state index contributed by atoms with van der Waals surface area (Å²) in [6.45, 7) is 4.02. The second-order valence-corrected chi connectivity index (χ2v) is 9.56. The van der Waals surface area contributed by atoms with Gasteiger partial charge < -0.3 is 14.4 Å². The van der Waals surface area contributed by atoms with Gasteiger partial charge in [0.2, 0.25) is 11.9 Å². The number of fused-ring (bicyclic) bond motifs is 1. The Morgan fingerprint density at radius 3 is 2.80 bits per heavy atom. The molecule has 2 amide bonds. The zero-order valence-electron chi connectivity index (χ0n) is 20.4. The van der Waals surface area contributed by atoms with E-state index in [-0.39, 0.29) is 17.9 Å². The van der Waals surface area contributed by atoms with Crippen LogP contribution in [0.3, 0.4) is 0 Å². The normalized spacial score (nSPS) is 16.7. The standard InChI is InChI=1S/C26H31ClN6O2/c1-18-8-6-10-21-24(18)33(26(29-21)30-25(35)19-12-13-22(27)28-16-19)20-9-4-5-15-32(17-20)23(34)11-7-14-31(2)3/h6-8,10-13,16,20H,4-5,9,14-15,17H2,1-3H3,(H,29,30,35)/b11-7+/t20-/m1/s1. The predicted molar refractivity (Wildman–Crippen MR) is 139 cm³/mol. The third-order valence-electron chi connectivity index (χ3n) is 6.18. The number of pyridine rings is 1. The fourth-order valence-corrected chi connectivity index (χ4v) is 4.56. The smallest absolute Gasteiger partial charge is 0.259 e. The van der Waals surface area contributed by atoms with E-state index in [2.05, 4.69) is 14.9 Å². The van der Waals surface area contributed by atoms with Gasteiger partial charge in [-0.2, -0.15) is 0 Å². The third kappa shape index (κ3) is 5.89. The van der Waals surface area contributed by atoms with E-state index in [1.807, 2.05) is 55.1 Å². The number of hydrogen-bond acceptors (Lipinski definition) is 5. The molecular formula is C26H31ClN6O2. The lowest BCUT2D eigenvalue weighted by molar-refractivity contribution is -0.126. The first-order valence-electron chi connectivity index (χ1n) is 11.8. The highest BCUT2D eigenvalue weighted by molar-refractivity contribution is 6.29. The number of anilines is 1. The van der Waals surface area contributed by atoms with Gasteiger partial charge in [0, 0.05) is 31.9 Å². The van der Waals surface area contributed by atoms with E-state index in [0.717, 1.165) is 35.9 Å². The van der Waals surface area contributed by atoms with Crippen LogP contribution in [0.25, 0.3) is 11.0 Å². The number of halogens is 1. The fourth-order valence-electron chi connectivity index (χ4n) is 4.45. The van der Waals surface area contributed by atoms with E-state index < -0.39 is 0 Å². The van der Waals surface area contributed by atoms with Crippen LogP contribution in [0.15, 0.2) is 48.7 Å². The van der Waals surface area contributed by atoms with Crippen LogP contribution in [0.1, 0.15) is 41.2 Å². The second kappa shape index (κ2) is 11.0. The average Bonchev–Trinajstić information content (AvgIpc) is 3.01. The van der Waals surface area contributed by atoms with Crippen molar-refractivity contribution in [3.05, 3.63) is 65.0 Å². The van der Waals surface area contributed by atoms with Crippen LogP contribution in [0.2, 0.25) is 5.15 Å². The highest BCUT2D eigenvalue weighted by Crippen LogP contribution is 2.32. The molecule has 9 heteroatoms. The summed E-state index contributed by atoms with van der Waals surface area (Å²) in [6.07, 6.45) is 7.81. The molecule has 1 aliphatic heterocycles. The van der Waals surface area contributed by atoms with E-state index in [9.17, 15) is 9.59 Å². The lowest BCUT2D eigenvalue weighted by Crippen LogP contribution is -2.35. The quantitative estimate of drug-likeness (QED) is 0.407. The topological polar surface area (TPSA) is 83.4 Å². The molecule has 0 radical (unpaired) electrons. The van der Waals surface area contributed by atoms with Crippen LogP contribution < -0.4 is 5.32 Å². The maximum absolute atomic E-state index is 13.0. The number of imidazole rings is 1. The zero-order chi connectivity index (χ0) is 24.9. The van der Waals surface area contributed by atoms with Crippen molar-refractivity contribution >= 4 is 40.4 Å². The number of likely N-dealkylation sites (N-methyl/N-ethyl adjacent to an activating group) is 1. The molecule has 1 atom stereocenters. The first kappa shape index (κ1) is 24.9. The first-order chi connectivity index (χ1) is 16.8. The number of nitrogens with one attached hydrogen (secondary N) is 1. The van der Waals surface area contributed by atoms with Gasteiger partial charge in [0.15, 0.2) is 0 Å². The monoisotopic (exact) mass is 494 g/mol. The van der Waals surface area contributed by atoms with Gasteiger partial charge in [0.1, 0.15) is 5.15 Å². The third-order valence-corrected chi connectivity index (χ3v) is 6.40. The SMILES string of the molecule is Cc1cccc2nc(NC(=O)c3ccc(Cl)nc3)n([C@@H]3CCCCN(C(=O)/C=C/CN(C)C)C3)c12. The van der Waals surface area contributed by atoms with Crippen molar-refractivity contribution in [1.29, 1.82) is 0 Å². The van der Waals surface area contributed by atoms with Crippen LogP contribution in [0.4, 0.5) is 5.95 Å². The molecule has 35 heavy (non-hydrogen) atoms. The Kier molecular flexibility index (Phi) is 7.83. The number of amides is 2.